The Balaban J connectivity index is 0.000000204. The lowest BCUT2D eigenvalue weighted by atomic mass is 9.83. The van der Waals surface area contributed by atoms with Crippen molar-refractivity contribution in [1.82, 2.24) is 19.8 Å². The van der Waals surface area contributed by atoms with Gasteiger partial charge >= 0.3 is 0 Å². The summed E-state index contributed by atoms with van der Waals surface area (Å²) in [6.45, 7) is 12.6. The summed E-state index contributed by atoms with van der Waals surface area (Å²) in [6.07, 6.45) is 17.9. The Labute approximate surface area is 195 Å². The predicted octanol–water partition coefficient (Wildman–Crippen LogP) is 6.19. The Morgan fingerprint density at radius 1 is 1.16 bits per heavy atom. The Kier molecular flexibility index (Phi) is 9.32. The molecule has 32 heavy (non-hydrogen) atoms. The predicted molar refractivity (Wildman–Crippen MR) is 136 cm³/mol. The standard InChI is InChI=1S/C17H21N3.C11H21N/c1-5-7-17-18-11-10-15(19-17)14(6-2)16(20(3)4)12-13-8-9-13;1-2-10-4-6-11(7-5-10)12-8-3-9-12/h6-7,10-11,13H,1-2,8-9,12H2,3-4H3;10-11H,2-9H2,1H3/b16-14+;. The molecule has 0 atom stereocenters. The molecule has 1 aliphatic heterocycles. The van der Waals surface area contributed by atoms with Crippen LogP contribution in [0, 0.1) is 11.8 Å². The van der Waals surface area contributed by atoms with Gasteiger partial charge in [0.05, 0.1) is 5.69 Å². The number of nitrogens with zero attached hydrogens (tertiary/aromatic N) is 4. The van der Waals surface area contributed by atoms with E-state index in [1.54, 1.807) is 12.3 Å². The largest absolute Gasteiger partial charge is 0.380 e. The normalized spacial score (nSPS) is 23.6. The average Bonchev–Trinajstić information content (AvgIpc) is 3.58. The van der Waals surface area contributed by atoms with Crippen molar-refractivity contribution in [2.75, 3.05) is 27.2 Å². The van der Waals surface area contributed by atoms with Crippen molar-refractivity contribution in [3.05, 3.63) is 54.4 Å². The molecule has 2 aliphatic carbocycles. The van der Waals surface area contributed by atoms with Crippen molar-refractivity contribution in [3.8, 4) is 0 Å². The quantitative estimate of drug-likeness (QED) is 0.360. The SMILES string of the molecule is C=C=Cc1nccc(/C(C=C)=C(\CC2CC2)N(C)C)n1.CCC1CCC(N2CCC2)CC1. The molecular formula is C28H42N4. The molecule has 1 saturated heterocycles. The fourth-order valence-corrected chi connectivity index (χ4v) is 4.81. The number of hydrogen-bond donors (Lipinski definition) is 0. The minimum absolute atomic E-state index is 0.626. The molecule has 2 saturated carbocycles. The lowest BCUT2D eigenvalue weighted by Gasteiger charge is -2.41. The first-order valence-electron chi connectivity index (χ1n) is 12.5. The van der Waals surface area contributed by atoms with Gasteiger partial charge in [0.25, 0.3) is 0 Å². The smallest absolute Gasteiger partial charge is 0.160 e. The highest BCUT2D eigenvalue weighted by molar-refractivity contribution is 5.74. The summed E-state index contributed by atoms with van der Waals surface area (Å²) in [5.41, 5.74) is 5.99. The van der Waals surface area contributed by atoms with E-state index in [9.17, 15) is 0 Å². The third-order valence-electron chi connectivity index (χ3n) is 7.22. The van der Waals surface area contributed by atoms with Crippen molar-refractivity contribution in [3.63, 3.8) is 0 Å². The fraction of sp³-hybridized carbons (Fsp3) is 0.607. The van der Waals surface area contributed by atoms with Gasteiger partial charge in [0.1, 0.15) is 0 Å². The van der Waals surface area contributed by atoms with Crippen molar-refractivity contribution >= 4 is 11.6 Å². The molecule has 4 heteroatoms. The van der Waals surface area contributed by atoms with Crippen LogP contribution in [0.3, 0.4) is 0 Å². The minimum atomic E-state index is 0.626. The van der Waals surface area contributed by atoms with Gasteiger partial charge in [-0.15, -0.1) is 5.73 Å². The van der Waals surface area contributed by atoms with Gasteiger partial charge in [-0.25, -0.2) is 9.97 Å². The van der Waals surface area contributed by atoms with E-state index in [1.807, 2.05) is 12.1 Å². The maximum atomic E-state index is 4.54. The minimum Gasteiger partial charge on any atom is -0.380 e. The van der Waals surface area contributed by atoms with E-state index in [-0.39, 0.29) is 0 Å². The maximum Gasteiger partial charge on any atom is 0.160 e. The molecule has 0 amide bonds. The highest BCUT2D eigenvalue weighted by atomic mass is 15.2. The third-order valence-corrected chi connectivity index (χ3v) is 7.22. The summed E-state index contributed by atoms with van der Waals surface area (Å²) in [7, 11) is 4.15. The van der Waals surface area contributed by atoms with Gasteiger partial charge in [-0.3, -0.25) is 0 Å². The zero-order valence-electron chi connectivity index (χ0n) is 20.5. The van der Waals surface area contributed by atoms with Crippen molar-refractivity contribution in [2.45, 2.75) is 70.8 Å². The van der Waals surface area contributed by atoms with Gasteiger partial charge in [-0.2, -0.15) is 0 Å². The zero-order chi connectivity index (χ0) is 22.9. The van der Waals surface area contributed by atoms with Crippen LogP contribution in [0.15, 0.2) is 42.9 Å². The summed E-state index contributed by atoms with van der Waals surface area (Å²) in [4.78, 5) is 13.6. The molecular weight excluding hydrogens is 392 g/mol. The van der Waals surface area contributed by atoms with Crippen LogP contribution in [0.25, 0.3) is 11.6 Å². The topological polar surface area (TPSA) is 32.3 Å². The molecule has 0 aromatic carbocycles. The van der Waals surface area contributed by atoms with Crippen LogP contribution in [0.2, 0.25) is 0 Å². The van der Waals surface area contributed by atoms with Gasteiger partial charge < -0.3 is 9.80 Å². The molecule has 4 rings (SSSR count). The monoisotopic (exact) mass is 434 g/mol. The Bertz CT molecular complexity index is 818. The van der Waals surface area contributed by atoms with E-state index in [0.717, 1.165) is 35.6 Å². The van der Waals surface area contributed by atoms with E-state index in [2.05, 4.69) is 59.7 Å². The van der Waals surface area contributed by atoms with Crippen molar-refractivity contribution in [2.24, 2.45) is 11.8 Å². The second-order valence-electron chi connectivity index (χ2n) is 9.73. The summed E-state index contributed by atoms with van der Waals surface area (Å²) in [5, 5.41) is 0. The van der Waals surface area contributed by atoms with Gasteiger partial charge in [-0.05, 0) is 82.4 Å². The van der Waals surface area contributed by atoms with E-state index < -0.39 is 0 Å². The van der Waals surface area contributed by atoms with Crippen LogP contribution in [-0.2, 0) is 0 Å². The second kappa shape index (κ2) is 12.2. The lowest BCUT2D eigenvalue weighted by Crippen LogP contribution is -2.46. The van der Waals surface area contributed by atoms with Gasteiger partial charge in [0, 0.05) is 43.7 Å². The Morgan fingerprint density at radius 3 is 2.34 bits per heavy atom. The first-order valence-corrected chi connectivity index (χ1v) is 12.5. The molecule has 0 unspecified atom stereocenters. The molecule has 3 aliphatic rings. The van der Waals surface area contributed by atoms with E-state index in [0.29, 0.717) is 5.82 Å². The number of hydrogen-bond acceptors (Lipinski definition) is 4. The van der Waals surface area contributed by atoms with Crippen LogP contribution in [0.4, 0.5) is 0 Å². The molecule has 0 spiro atoms. The summed E-state index contributed by atoms with van der Waals surface area (Å²) in [6, 6.07) is 2.90. The number of allylic oxidation sites excluding steroid dienone is 3. The van der Waals surface area contributed by atoms with Gasteiger partial charge in [0.2, 0.25) is 0 Å². The van der Waals surface area contributed by atoms with Crippen LogP contribution in [0.5, 0.6) is 0 Å². The third kappa shape index (κ3) is 6.92. The first kappa shape index (κ1) is 24.5. The molecule has 0 N–H and O–H groups in total. The molecule has 2 heterocycles. The highest BCUT2D eigenvalue weighted by Gasteiger charge is 2.28. The molecule has 0 bridgehead atoms. The molecule has 0 radical (unpaired) electrons. The summed E-state index contributed by atoms with van der Waals surface area (Å²) >= 11 is 0. The zero-order valence-corrected chi connectivity index (χ0v) is 20.5. The number of rotatable bonds is 8. The molecule has 174 valence electrons. The molecule has 1 aromatic rings. The van der Waals surface area contributed by atoms with E-state index in [4.69, 9.17) is 0 Å². The van der Waals surface area contributed by atoms with Crippen LogP contribution in [0.1, 0.15) is 76.2 Å². The Morgan fingerprint density at radius 2 is 1.84 bits per heavy atom. The fourth-order valence-electron chi connectivity index (χ4n) is 4.81. The van der Waals surface area contributed by atoms with Crippen molar-refractivity contribution in [1.29, 1.82) is 0 Å². The number of aromatic nitrogens is 2. The number of likely N-dealkylation sites (tertiary alicyclic amines) is 1. The molecule has 4 nitrogen and oxygen atoms in total. The van der Waals surface area contributed by atoms with Crippen molar-refractivity contribution < 1.29 is 0 Å². The second-order valence-corrected chi connectivity index (χ2v) is 9.73. The van der Waals surface area contributed by atoms with Crippen LogP contribution < -0.4 is 0 Å². The van der Waals surface area contributed by atoms with E-state index >= 15 is 0 Å². The van der Waals surface area contributed by atoms with E-state index in [1.165, 1.54) is 70.2 Å². The van der Waals surface area contributed by atoms with Gasteiger partial charge in [0.15, 0.2) is 5.82 Å². The summed E-state index contributed by atoms with van der Waals surface area (Å²) in [5.74, 6) is 2.50. The lowest BCUT2D eigenvalue weighted by molar-refractivity contribution is 0.0784. The maximum absolute atomic E-state index is 4.54. The average molecular weight is 435 g/mol. The summed E-state index contributed by atoms with van der Waals surface area (Å²) < 4.78 is 0. The molecule has 1 aromatic heterocycles. The highest BCUT2D eigenvalue weighted by Crippen LogP contribution is 2.38. The Hall–Kier alpha value is -2.16. The van der Waals surface area contributed by atoms with Crippen LogP contribution in [-0.4, -0.2) is 53.0 Å². The molecule has 3 fully saturated rings. The van der Waals surface area contributed by atoms with Crippen LogP contribution >= 0.6 is 0 Å². The first-order chi connectivity index (χ1) is 15.5. The van der Waals surface area contributed by atoms with Gasteiger partial charge in [-0.1, -0.05) is 32.6 Å².